The lowest BCUT2D eigenvalue weighted by molar-refractivity contribution is -0.386. The molecule has 1 unspecified atom stereocenters. The Labute approximate surface area is 170 Å². The molecule has 4 rings (SSSR count). The Hall–Kier alpha value is -2.79. The maximum Gasteiger partial charge on any atom is 0.350 e. The van der Waals surface area contributed by atoms with E-state index in [1.165, 1.54) is 6.20 Å². The van der Waals surface area contributed by atoms with Crippen molar-refractivity contribution in [3.63, 3.8) is 0 Å². The van der Waals surface area contributed by atoms with Gasteiger partial charge in [-0.1, -0.05) is 0 Å². The van der Waals surface area contributed by atoms with Gasteiger partial charge in [0.1, 0.15) is 6.20 Å². The van der Waals surface area contributed by atoms with E-state index in [4.69, 9.17) is 21.1 Å². The summed E-state index contributed by atoms with van der Waals surface area (Å²) in [6.07, 6.45) is 5.39. The number of halogens is 1. The summed E-state index contributed by atoms with van der Waals surface area (Å²) in [5.74, 6) is 0.0208. The van der Waals surface area contributed by atoms with Crippen molar-refractivity contribution in [3.8, 4) is 5.88 Å². The highest BCUT2D eigenvalue weighted by atomic mass is 35.5. The second-order valence-corrected chi connectivity index (χ2v) is 7.15. The third-order valence-corrected chi connectivity index (χ3v) is 4.97. The molecule has 1 saturated heterocycles. The van der Waals surface area contributed by atoms with Gasteiger partial charge < -0.3 is 9.47 Å². The van der Waals surface area contributed by atoms with Crippen LogP contribution < -0.4 is 4.74 Å². The standard InChI is InChI=1S/C17H20ClN7O4/c1-11-13-8-19-17(18)20-15(13)23(21-11)5-3-7-29-16-14(25(26)27)9-24(22-16)12-4-2-6-28-10-12/h8-9,12H,2-7,10H2,1H3. The Morgan fingerprint density at radius 2 is 2.31 bits per heavy atom. The molecule has 12 heteroatoms. The van der Waals surface area contributed by atoms with E-state index in [0.29, 0.717) is 31.8 Å². The van der Waals surface area contributed by atoms with E-state index in [1.54, 1.807) is 15.6 Å². The van der Waals surface area contributed by atoms with Crippen molar-refractivity contribution in [2.75, 3.05) is 19.8 Å². The van der Waals surface area contributed by atoms with Crippen LogP contribution >= 0.6 is 11.6 Å². The molecule has 0 bridgehead atoms. The molecular formula is C17H20ClN7O4. The van der Waals surface area contributed by atoms with Crippen molar-refractivity contribution in [1.82, 2.24) is 29.5 Å². The van der Waals surface area contributed by atoms with Crippen molar-refractivity contribution in [1.29, 1.82) is 0 Å². The van der Waals surface area contributed by atoms with Crippen LogP contribution in [-0.4, -0.2) is 54.3 Å². The van der Waals surface area contributed by atoms with Crippen LogP contribution in [0.15, 0.2) is 12.4 Å². The minimum absolute atomic E-state index is 0.0114. The molecule has 1 fully saturated rings. The number of rotatable bonds is 7. The molecule has 0 radical (unpaired) electrons. The molecular weight excluding hydrogens is 402 g/mol. The van der Waals surface area contributed by atoms with Crippen molar-refractivity contribution >= 4 is 28.3 Å². The highest BCUT2D eigenvalue weighted by molar-refractivity contribution is 6.28. The number of fused-ring (bicyclic) bond motifs is 1. The Kier molecular flexibility index (Phi) is 5.58. The Morgan fingerprint density at radius 3 is 3.07 bits per heavy atom. The van der Waals surface area contributed by atoms with Gasteiger partial charge in [0.25, 0.3) is 0 Å². The smallest absolute Gasteiger partial charge is 0.350 e. The van der Waals surface area contributed by atoms with Gasteiger partial charge in [-0.25, -0.2) is 9.67 Å². The van der Waals surface area contributed by atoms with Gasteiger partial charge >= 0.3 is 11.6 Å². The molecule has 154 valence electrons. The van der Waals surface area contributed by atoms with E-state index in [9.17, 15) is 10.1 Å². The van der Waals surface area contributed by atoms with Gasteiger partial charge in [-0.2, -0.15) is 10.1 Å². The lowest BCUT2D eigenvalue weighted by Crippen LogP contribution is -2.21. The summed E-state index contributed by atoms with van der Waals surface area (Å²) in [7, 11) is 0. The Bertz CT molecular complexity index is 1030. The van der Waals surface area contributed by atoms with Crippen LogP contribution in [0.3, 0.4) is 0 Å². The number of hydrogen-bond acceptors (Lipinski definition) is 8. The third kappa shape index (κ3) is 4.15. The minimum Gasteiger partial charge on any atom is -0.472 e. The molecule has 0 aliphatic carbocycles. The second-order valence-electron chi connectivity index (χ2n) is 6.81. The van der Waals surface area contributed by atoms with Crippen LogP contribution in [0, 0.1) is 17.0 Å². The van der Waals surface area contributed by atoms with Gasteiger partial charge in [0, 0.05) is 25.8 Å². The van der Waals surface area contributed by atoms with Gasteiger partial charge in [0.2, 0.25) is 5.28 Å². The number of ether oxygens (including phenoxy) is 2. The third-order valence-electron chi connectivity index (χ3n) is 4.78. The Balaban J connectivity index is 1.41. The number of aromatic nitrogens is 6. The molecule has 3 aromatic rings. The van der Waals surface area contributed by atoms with Crippen LogP contribution in [0.5, 0.6) is 5.88 Å². The predicted octanol–water partition coefficient (Wildman–Crippen LogP) is 2.71. The molecule has 0 N–H and O–H groups in total. The van der Waals surface area contributed by atoms with E-state index in [0.717, 1.165) is 23.9 Å². The molecule has 0 amide bonds. The van der Waals surface area contributed by atoms with Crippen LogP contribution in [0.1, 0.15) is 31.0 Å². The van der Waals surface area contributed by atoms with Crippen molar-refractivity contribution < 1.29 is 14.4 Å². The van der Waals surface area contributed by atoms with E-state index < -0.39 is 4.92 Å². The first-order valence-electron chi connectivity index (χ1n) is 9.32. The van der Waals surface area contributed by atoms with E-state index in [1.807, 2.05) is 6.92 Å². The average molecular weight is 422 g/mol. The van der Waals surface area contributed by atoms with Crippen LogP contribution in [0.2, 0.25) is 5.28 Å². The first kappa shape index (κ1) is 19.5. The lowest BCUT2D eigenvalue weighted by atomic mass is 10.1. The van der Waals surface area contributed by atoms with Gasteiger partial charge in [0.15, 0.2) is 5.65 Å². The normalized spacial score (nSPS) is 17.0. The van der Waals surface area contributed by atoms with Crippen molar-refractivity contribution in [2.45, 2.75) is 38.8 Å². The summed E-state index contributed by atoms with van der Waals surface area (Å²) in [6.45, 7) is 3.84. The van der Waals surface area contributed by atoms with Crippen molar-refractivity contribution in [2.24, 2.45) is 0 Å². The molecule has 3 aromatic heterocycles. The van der Waals surface area contributed by atoms with Crippen molar-refractivity contribution in [3.05, 3.63) is 33.5 Å². The maximum atomic E-state index is 11.4. The maximum absolute atomic E-state index is 11.4. The average Bonchev–Trinajstić information content (AvgIpc) is 3.27. The number of aryl methyl sites for hydroxylation is 2. The molecule has 11 nitrogen and oxygen atoms in total. The summed E-state index contributed by atoms with van der Waals surface area (Å²) in [5, 5.41) is 21.1. The number of nitro groups is 1. The molecule has 1 atom stereocenters. The molecule has 0 spiro atoms. The predicted molar refractivity (Wildman–Crippen MR) is 103 cm³/mol. The van der Waals surface area contributed by atoms with Gasteiger partial charge in [0.05, 0.1) is 35.3 Å². The van der Waals surface area contributed by atoms with Crippen LogP contribution in [0.25, 0.3) is 11.0 Å². The zero-order valence-electron chi connectivity index (χ0n) is 15.8. The highest BCUT2D eigenvalue weighted by Crippen LogP contribution is 2.29. The lowest BCUT2D eigenvalue weighted by Gasteiger charge is -2.21. The molecule has 4 heterocycles. The summed E-state index contributed by atoms with van der Waals surface area (Å²) < 4.78 is 14.4. The van der Waals surface area contributed by atoms with E-state index in [-0.39, 0.29) is 29.5 Å². The first-order valence-corrected chi connectivity index (χ1v) is 9.70. The summed E-state index contributed by atoms with van der Waals surface area (Å²) >= 11 is 5.88. The summed E-state index contributed by atoms with van der Waals surface area (Å²) in [4.78, 5) is 19.1. The van der Waals surface area contributed by atoms with Crippen LogP contribution in [0.4, 0.5) is 5.69 Å². The minimum atomic E-state index is -0.480. The fraction of sp³-hybridized carbons (Fsp3) is 0.529. The molecule has 1 aliphatic heterocycles. The SMILES string of the molecule is Cc1nn(CCCOc2nn(C3CCCOC3)cc2[N+](=O)[O-])c2nc(Cl)ncc12. The monoisotopic (exact) mass is 421 g/mol. The first-order chi connectivity index (χ1) is 14.0. The van der Waals surface area contributed by atoms with Gasteiger partial charge in [-0.15, -0.1) is 5.10 Å². The fourth-order valence-electron chi connectivity index (χ4n) is 3.34. The zero-order chi connectivity index (χ0) is 20.4. The number of hydrogen-bond donors (Lipinski definition) is 0. The van der Waals surface area contributed by atoms with E-state index >= 15 is 0 Å². The summed E-state index contributed by atoms with van der Waals surface area (Å²) in [6, 6.07) is -0.0114. The Morgan fingerprint density at radius 1 is 1.45 bits per heavy atom. The second kappa shape index (κ2) is 8.29. The number of nitrogens with zero attached hydrogens (tertiary/aromatic N) is 7. The topological polar surface area (TPSA) is 123 Å². The van der Waals surface area contributed by atoms with Gasteiger partial charge in [-0.05, 0) is 31.4 Å². The summed E-state index contributed by atoms with van der Waals surface area (Å²) in [5.41, 5.74) is 1.31. The largest absolute Gasteiger partial charge is 0.472 e. The van der Waals surface area contributed by atoms with Gasteiger partial charge in [-0.3, -0.25) is 14.8 Å². The fourth-order valence-corrected chi connectivity index (χ4v) is 3.47. The molecule has 0 saturated carbocycles. The van der Waals surface area contributed by atoms with Crippen LogP contribution in [-0.2, 0) is 11.3 Å². The quantitative estimate of drug-likeness (QED) is 0.247. The molecule has 0 aromatic carbocycles. The van der Waals surface area contributed by atoms with E-state index in [2.05, 4.69) is 20.2 Å². The molecule has 1 aliphatic rings. The highest BCUT2D eigenvalue weighted by Gasteiger charge is 2.25. The zero-order valence-corrected chi connectivity index (χ0v) is 16.6. The molecule has 29 heavy (non-hydrogen) atoms.